The van der Waals surface area contributed by atoms with Crippen molar-refractivity contribution in [1.82, 2.24) is 0 Å². The van der Waals surface area contributed by atoms with Crippen LogP contribution in [0.15, 0.2) is 0 Å². The molecule has 5 heteroatoms. The van der Waals surface area contributed by atoms with E-state index in [1.54, 1.807) is 20.8 Å². The van der Waals surface area contributed by atoms with Crippen LogP contribution < -0.4 is 9.47 Å². The monoisotopic (exact) mass is 266 g/mol. The van der Waals surface area contributed by atoms with E-state index in [-0.39, 0.29) is 6.61 Å². The van der Waals surface area contributed by atoms with Crippen LogP contribution in [0.3, 0.4) is 0 Å². The molecule has 0 bridgehead atoms. The zero-order chi connectivity index (χ0) is 14.6. The van der Waals surface area contributed by atoms with E-state index in [0.717, 1.165) is 0 Å². The highest BCUT2D eigenvalue weighted by Gasteiger charge is 2.25. The number of hydrogen-bond acceptors (Lipinski definition) is 5. The maximum atomic E-state index is 12.0. The van der Waals surface area contributed by atoms with Crippen LogP contribution in [0.5, 0.6) is 11.5 Å². The highest BCUT2D eigenvalue weighted by molar-refractivity contribution is 5.98. The number of ether oxygens (including phenoxy) is 3. The van der Waals surface area contributed by atoms with Crippen molar-refractivity contribution in [1.29, 1.82) is 0 Å². The van der Waals surface area contributed by atoms with Crippen LogP contribution in [0.4, 0.5) is 0 Å². The van der Waals surface area contributed by atoms with Gasteiger partial charge in [0.25, 0.3) is 0 Å². The molecular weight excluding hydrogens is 248 g/mol. The minimum Gasteiger partial charge on any atom is -0.496 e. The number of esters is 1. The van der Waals surface area contributed by atoms with E-state index in [1.165, 1.54) is 14.2 Å². The number of carbonyl (C=O) groups is 2. The Bertz CT molecular complexity index is 474. The van der Waals surface area contributed by atoms with Crippen LogP contribution >= 0.6 is 0 Å². The third-order valence-corrected chi connectivity index (χ3v) is 2.93. The van der Waals surface area contributed by atoms with E-state index >= 15 is 0 Å². The summed E-state index contributed by atoms with van der Waals surface area (Å²) in [4.78, 5) is 23.2. The minimum atomic E-state index is -0.452. The van der Waals surface area contributed by atoms with Gasteiger partial charge in [0, 0.05) is 11.1 Å². The standard InChI is InChI=1S/C14H18O5/c1-6-19-14(16)11-8(2)12(17-4)10(7-15)13(18-5)9(11)3/h7H,6H2,1-5H3. The summed E-state index contributed by atoms with van der Waals surface area (Å²) in [6, 6.07) is 0. The van der Waals surface area contributed by atoms with Crippen molar-refractivity contribution in [3.8, 4) is 11.5 Å². The van der Waals surface area contributed by atoms with E-state index < -0.39 is 5.97 Å². The van der Waals surface area contributed by atoms with E-state index in [9.17, 15) is 9.59 Å². The number of aldehydes is 1. The largest absolute Gasteiger partial charge is 0.496 e. The second kappa shape index (κ2) is 6.22. The van der Waals surface area contributed by atoms with Crippen molar-refractivity contribution in [2.75, 3.05) is 20.8 Å². The molecular formula is C14H18O5. The molecule has 0 saturated carbocycles. The topological polar surface area (TPSA) is 61.8 Å². The Morgan fingerprint density at radius 3 is 1.89 bits per heavy atom. The van der Waals surface area contributed by atoms with Crippen LogP contribution in [0.1, 0.15) is 38.8 Å². The molecule has 1 rings (SSSR count). The van der Waals surface area contributed by atoms with Gasteiger partial charge in [0.15, 0.2) is 6.29 Å². The Kier molecular flexibility index (Phi) is 4.92. The molecule has 0 heterocycles. The van der Waals surface area contributed by atoms with Gasteiger partial charge in [-0.25, -0.2) is 4.79 Å². The van der Waals surface area contributed by atoms with E-state index in [0.29, 0.717) is 40.0 Å². The first-order valence-electron chi connectivity index (χ1n) is 5.90. The summed E-state index contributed by atoms with van der Waals surface area (Å²) in [6.45, 7) is 5.43. The number of rotatable bonds is 5. The summed E-state index contributed by atoms with van der Waals surface area (Å²) >= 11 is 0. The summed E-state index contributed by atoms with van der Waals surface area (Å²) in [5.74, 6) is 0.215. The predicted octanol–water partition coefficient (Wildman–Crippen LogP) is 2.31. The van der Waals surface area contributed by atoms with Gasteiger partial charge in [0.2, 0.25) is 0 Å². The molecule has 0 aliphatic heterocycles. The van der Waals surface area contributed by atoms with Crippen LogP contribution in [0.25, 0.3) is 0 Å². The molecule has 0 unspecified atom stereocenters. The molecule has 1 aromatic carbocycles. The normalized spacial score (nSPS) is 9.95. The Balaban J connectivity index is 3.65. The average Bonchev–Trinajstić information content (AvgIpc) is 2.38. The first-order chi connectivity index (χ1) is 9.03. The summed E-state index contributed by atoms with van der Waals surface area (Å²) < 4.78 is 15.5. The molecule has 1 aromatic rings. The summed E-state index contributed by atoms with van der Waals surface area (Å²) in [7, 11) is 2.89. The van der Waals surface area contributed by atoms with Crippen molar-refractivity contribution >= 4 is 12.3 Å². The van der Waals surface area contributed by atoms with Crippen LogP contribution in [0, 0.1) is 13.8 Å². The lowest BCUT2D eigenvalue weighted by Gasteiger charge is -2.18. The quantitative estimate of drug-likeness (QED) is 0.604. The zero-order valence-corrected chi connectivity index (χ0v) is 11.8. The van der Waals surface area contributed by atoms with Crippen molar-refractivity contribution in [3.05, 3.63) is 22.3 Å². The third-order valence-electron chi connectivity index (χ3n) is 2.93. The van der Waals surface area contributed by atoms with Gasteiger partial charge in [-0.2, -0.15) is 0 Å². The highest BCUT2D eigenvalue weighted by Crippen LogP contribution is 2.37. The number of hydrogen-bond donors (Lipinski definition) is 0. The lowest BCUT2D eigenvalue weighted by Crippen LogP contribution is -2.13. The molecule has 5 nitrogen and oxygen atoms in total. The second-order valence-electron chi connectivity index (χ2n) is 3.94. The number of carbonyl (C=O) groups excluding carboxylic acids is 2. The van der Waals surface area contributed by atoms with Gasteiger partial charge in [0.05, 0.1) is 32.0 Å². The van der Waals surface area contributed by atoms with E-state index in [4.69, 9.17) is 14.2 Å². The molecule has 0 fully saturated rings. The fraction of sp³-hybridized carbons (Fsp3) is 0.429. The predicted molar refractivity (Wildman–Crippen MR) is 70.4 cm³/mol. The van der Waals surface area contributed by atoms with Gasteiger partial charge in [-0.15, -0.1) is 0 Å². The van der Waals surface area contributed by atoms with Crippen molar-refractivity contribution in [2.45, 2.75) is 20.8 Å². The minimum absolute atomic E-state index is 0.276. The molecule has 0 amide bonds. The zero-order valence-electron chi connectivity index (χ0n) is 11.8. The van der Waals surface area contributed by atoms with Gasteiger partial charge in [-0.1, -0.05) is 0 Å². The van der Waals surface area contributed by atoms with E-state index in [2.05, 4.69) is 0 Å². The van der Waals surface area contributed by atoms with Gasteiger partial charge in [-0.05, 0) is 20.8 Å². The van der Waals surface area contributed by atoms with Crippen molar-refractivity contribution in [3.63, 3.8) is 0 Å². The molecule has 0 N–H and O–H groups in total. The van der Waals surface area contributed by atoms with E-state index in [1.807, 2.05) is 0 Å². The molecule has 0 saturated heterocycles. The third kappa shape index (κ3) is 2.54. The lowest BCUT2D eigenvalue weighted by molar-refractivity contribution is 0.0523. The Labute approximate surface area is 112 Å². The van der Waals surface area contributed by atoms with Crippen molar-refractivity contribution in [2.24, 2.45) is 0 Å². The SMILES string of the molecule is CCOC(=O)c1c(C)c(OC)c(C=O)c(OC)c1C. The molecule has 0 atom stereocenters. The lowest BCUT2D eigenvalue weighted by atomic mass is 9.96. The van der Waals surface area contributed by atoms with Crippen LogP contribution in [0.2, 0.25) is 0 Å². The molecule has 19 heavy (non-hydrogen) atoms. The summed E-state index contributed by atoms with van der Waals surface area (Å²) in [5.41, 5.74) is 1.82. The summed E-state index contributed by atoms with van der Waals surface area (Å²) in [5, 5.41) is 0. The second-order valence-corrected chi connectivity index (χ2v) is 3.94. The maximum absolute atomic E-state index is 12.0. The number of benzene rings is 1. The first-order valence-corrected chi connectivity index (χ1v) is 5.90. The number of methoxy groups -OCH3 is 2. The smallest absolute Gasteiger partial charge is 0.338 e. The molecule has 0 radical (unpaired) electrons. The fourth-order valence-electron chi connectivity index (χ4n) is 2.16. The van der Waals surface area contributed by atoms with Crippen LogP contribution in [-0.2, 0) is 4.74 Å². The maximum Gasteiger partial charge on any atom is 0.338 e. The Hall–Kier alpha value is -2.04. The molecule has 104 valence electrons. The Morgan fingerprint density at radius 2 is 1.58 bits per heavy atom. The fourth-order valence-corrected chi connectivity index (χ4v) is 2.16. The van der Waals surface area contributed by atoms with Gasteiger partial charge in [0.1, 0.15) is 11.5 Å². The van der Waals surface area contributed by atoms with Gasteiger partial charge in [-0.3, -0.25) is 4.79 Å². The highest BCUT2D eigenvalue weighted by atomic mass is 16.5. The van der Waals surface area contributed by atoms with Gasteiger partial charge < -0.3 is 14.2 Å². The molecule has 0 aliphatic rings. The van der Waals surface area contributed by atoms with Crippen LogP contribution in [-0.4, -0.2) is 33.1 Å². The molecule has 0 aliphatic carbocycles. The molecule has 0 aromatic heterocycles. The Morgan fingerprint density at radius 1 is 1.11 bits per heavy atom. The van der Waals surface area contributed by atoms with Gasteiger partial charge >= 0.3 is 5.97 Å². The summed E-state index contributed by atoms with van der Waals surface area (Å²) in [6.07, 6.45) is 0.659. The first kappa shape index (κ1) is 15.0. The van der Waals surface area contributed by atoms with Crippen molar-refractivity contribution < 1.29 is 23.8 Å². The molecule has 0 spiro atoms. The average molecular weight is 266 g/mol.